The van der Waals surface area contributed by atoms with Gasteiger partial charge in [0.2, 0.25) is 5.91 Å². The number of benzene rings is 1. The summed E-state index contributed by atoms with van der Waals surface area (Å²) in [5, 5.41) is 12.0. The summed E-state index contributed by atoms with van der Waals surface area (Å²) in [4.78, 5) is 15.4. The molecule has 0 saturated heterocycles. The van der Waals surface area contributed by atoms with Crippen LogP contribution in [0.3, 0.4) is 0 Å². The molecule has 0 aliphatic carbocycles. The molecule has 18 heavy (non-hydrogen) atoms. The maximum absolute atomic E-state index is 12.6. The van der Waals surface area contributed by atoms with Crippen molar-refractivity contribution in [2.45, 2.75) is 6.42 Å². The maximum Gasteiger partial charge on any atom is 0.230 e. The van der Waals surface area contributed by atoms with Crippen molar-refractivity contribution < 1.29 is 14.3 Å². The molecule has 2 N–H and O–H groups in total. The summed E-state index contributed by atoms with van der Waals surface area (Å²) in [5.74, 6) is -0.444. The first-order valence-electron chi connectivity index (χ1n) is 5.33. The zero-order valence-electron chi connectivity index (χ0n) is 9.43. The molecule has 5 heteroatoms. The van der Waals surface area contributed by atoms with Crippen molar-refractivity contribution in [3.63, 3.8) is 0 Å². The van der Waals surface area contributed by atoms with Crippen LogP contribution in [0.25, 0.3) is 0 Å². The number of anilines is 1. The van der Waals surface area contributed by atoms with Gasteiger partial charge in [-0.05, 0) is 18.2 Å². The average molecular weight is 246 g/mol. The Bertz CT molecular complexity index is 555. The molecule has 1 heterocycles. The summed E-state index contributed by atoms with van der Waals surface area (Å²) < 4.78 is 12.6. The van der Waals surface area contributed by atoms with Crippen LogP contribution in [0.4, 0.5) is 10.2 Å². The molecular formula is C13H11FN2O2. The molecule has 0 fully saturated rings. The molecule has 0 unspecified atom stereocenters. The number of amides is 1. The lowest BCUT2D eigenvalue weighted by Gasteiger charge is -2.05. The zero-order valence-corrected chi connectivity index (χ0v) is 9.43. The van der Waals surface area contributed by atoms with Gasteiger partial charge in [0.25, 0.3) is 0 Å². The number of rotatable bonds is 3. The van der Waals surface area contributed by atoms with Crippen LogP contribution in [0.15, 0.2) is 42.6 Å². The molecule has 2 rings (SSSR count). The quantitative estimate of drug-likeness (QED) is 0.871. The number of carbonyl (C=O) groups excluding carboxylic acids is 1. The molecule has 1 aromatic carbocycles. The Labute approximate surface area is 103 Å². The van der Waals surface area contributed by atoms with E-state index in [0.717, 1.165) is 6.20 Å². The summed E-state index contributed by atoms with van der Waals surface area (Å²) in [6.07, 6.45) is 1.06. The predicted octanol–water partition coefficient (Wildman–Crippen LogP) is 2.11. The van der Waals surface area contributed by atoms with Crippen molar-refractivity contribution in [3.8, 4) is 5.75 Å². The molecule has 1 amide bonds. The fourth-order valence-electron chi connectivity index (χ4n) is 1.47. The van der Waals surface area contributed by atoms with E-state index in [0.29, 0.717) is 5.56 Å². The number of hydrogen-bond acceptors (Lipinski definition) is 3. The Morgan fingerprint density at radius 3 is 2.72 bits per heavy atom. The van der Waals surface area contributed by atoms with Crippen molar-refractivity contribution in [1.82, 2.24) is 4.98 Å². The lowest BCUT2D eigenvalue weighted by Crippen LogP contribution is -2.15. The highest BCUT2D eigenvalue weighted by atomic mass is 19.1. The minimum absolute atomic E-state index is 0.0335. The molecule has 0 aliphatic heterocycles. The second kappa shape index (κ2) is 5.27. The SMILES string of the molecule is O=C(Cc1ccccc1O)Nc1ccc(F)cn1. The van der Waals surface area contributed by atoms with Gasteiger partial charge in [-0.15, -0.1) is 0 Å². The number of pyridine rings is 1. The summed E-state index contributed by atoms with van der Waals surface area (Å²) in [6.45, 7) is 0. The maximum atomic E-state index is 12.6. The van der Waals surface area contributed by atoms with Crippen LogP contribution < -0.4 is 5.32 Å². The third-order valence-electron chi connectivity index (χ3n) is 2.34. The number of nitrogens with one attached hydrogen (secondary N) is 1. The van der Waals surface area contributed by atoms with E-state index in [1.807, 2.05) is 0 Å². The molecule has 92 valence electrons. The standard InChI is InChI=1S/C13H11FN2O2/c14-10-5-6-12(15-8-10)16-13(18)7-9-3-1-2-4-11(9)17/h1-6,8,17H,7H2,(H,15,16,18). The monoisotopic (exact) mass is 246 g/mol. The zero-order chi connectivity index (χ0) is 13.0. The van der Waals surface area contributed by atoms with E-state index in [-0.39, 0.29) is 23.9 Å². The van der Waals surface area contributed by atoms with Gasteiger partial charge in [0.15, 0.2) is 0 Å². The molecule has 1 aromatic heterocycles. The number of aromatic hydroxyl groups is 1. The fourth-order valence-corrected chi connectivity index (χ4v) is 1.47. The second-order valence-corrected chi connectivity index (χ2v) is 3.72. The summed E-state index contributed by atoms with van der Waals surface area (Å²) >= 11 is 0. The molecule has 0 spiro atoms. The van der Waals surface area contributed by atoms with Gasteiger partial charge < -0.3 is 10.4 Å². The number of nitrogens with zero attached hydrogens (tertiary/aromatic N) is 1. The molecule has 2 aromatic rings. The third kappa shape index (κ3) is 3.04. The summed E-state index contributed by atoms with van der Waals surface area (Å²) in [6, 6.07) is 9.17. The van der Waals surface area contributed by atoms with E-state index >= 15 is 0 Å². The van der Waals surface area contributed by atoms with Gasteiger partial charge in [-0.1, -0.05) is 18.2 Å². The van der Waals surface area contributed by atoms with Gasteiger partial charge in [-0.2, -0.15) is 0 Å². The van der Waals surface area contributed by atoms with Crippen LogP contribution in [0.5, 0.6) is 5.75 Å². The van der Waals surface area contributed by atoms with Crippen LogP contribution in [-0.4, -0.2) is 16.0 Å². The molecule has 0 atom stereocenters. The summed E-state index contributed by atoms with van der Waals surface area (Å²) in [7, 11) is 0. The Morgan fingerprint density at radius 1 is 1.28 bits per heavy atom. The highest BCUT2D eigenvalue weighted by molar-refractivity contribution is 5.91. The van der Waals surface area contributed by atoms with E-state index in [4.69, 9.17) is 0 Å². The molecule has 0 saturated carbocycles. The molecular weight excluding hydrogens is 235 g/mol. The van der Waals surface area contributed by atoms with Crippen molar-refractivity contribution >= 4 is 11.7 Å². The van der Waals surface area contributed by atoms with Crippen LogP contribution in [-0.2, 0) is 11.2 Å². The molecule has 4 nitrogen and oxygen atoms in total. The van der Waals surface area contributed by atoms with Crippen LogP contribution in [0.1, 0.15) is 5.56 Å². The number of hydrogen-bond donors (Lipinski definition) is 2. The normalized spacial score (nSPS) is 10.1. The largest absolute Gasteiger partial charge is 0.508 e. The number of halogens is 1. The topological polar surface area (TPSA) is 62.2 Å². The van der Waals surface area contributed by atoms with Gasteiger partial charge >= 0.3 is 0 Å². The first-order valence-corrected chi connectivity index (χ1v) is 5.33. The van der Waals surface area contributed by atoms with Crippen molar-refractivity contribution in [2.75, 3.05) is 5.32 Å². The third-order valence-corrected chi connectivity index (χ3v) is 2.34. The number of para-hydroxylation sites is 1. The molecule has 0 radical (unpaired) electrons. The van der Waals surface area contributed by atoms with E-state index in [1.54, 1.807) is 18.2 Å². The van der Waals surface area contributed by atoms with E-state index in [9.17, 15) is 14.3 Å². The second-order valence-electron chi connectivity index (χ2n) is 3.72. The van der Waals surface area contributed by atoms with E-state index < -0.39 is 5.82 Å². The van der Waals surface area contributed by atoms with Crippen molar-refractivity contribution in [1.29, 1.82) is 0 Å². The summed E-state index contributed by atoms with van der Waals surface area (Å²) in [5.41, 5.74) is 0.525. The lowest BCUT2D eigenvalue weighted by molar-refractivity contribution is -0.115. The van der Waals surface area contributed by atoms with Crippen LogP contribution in [0, 0.1) is 5.82 Å². The lowest BCUT2D eigenvalue weighted by atomic mass is 10.1. The Hall–Kier alpha value is -2.43. The Kier molecular flexibility index (Phi) is 3.52. The fraction of sp³-hybridized carbons (Fsp3) is 0.0769. The van der Waals surface area contributed by atoms with Gasteiger partial charge in [0.05, 0.1) is 12.6 Å². The Balaban J connectivity index is 2.01. The molecule has 0 bridgehead atoms. The van der Waals surface area contributed by atoms with E-state index in [2.05, 4.69) is 10.3 Å². The first-order chi connectivity index (χ1) is 8.65. The van der Waals surface area contributed by atoms with Crippen molar-refractivity contribution in [3.05, 3.63) is 54.0 Å². The highest BCUT2D eigenvalue weighted by Gasteiger charge is 2.07. The van der Waals surface area contributed by atoms with Gasteiger partial charge in [0, 0.05) is 5.56 Å². The highest BCUT2D eigenvalue weighted by Crippen LogP contribution is 2.16. The minimum atomic E-state index is -0.464. The number of aromatic nitrogens is 1. The van der Waals surface area contributed by atoms with Crippen molar-refractivity contribution in [2.24, 2.45) is 0 Å². The van der Waals surface area contributed by atoms with Gasteiger partial charge in [0.1, 0.15) is 17.4 Å². The number of phenols is 1. The van der Waals surface area contributed by atoms with Gasteiger partial charge in [-0.25, -0.2) is 9.37 Å². The first kappa shape index (κ1) is 12.0. The number of phenolic OH excluding ortho intramolecular Hbond substituents is 1. The van der Waals surface area contributed by atoms with E-state index in [1.165, 1.54) is 18.2 Å². The number of carbonyl (C=O) groups is 1. The molecule has 0 aliphatic rings. The van der Waals surface area contributed by atoms with Crippen LogP contribution >= 0.6 is 0 Å². The van der Waals surface area contributed by atoms with Gasteiger partial charge in [-0.3, -0.25) is 4.79 Å². The minimum Gasteiger partial charge on any atom is -0.508 e. The van der Waals surface area contributed by atoms with Crippen LogP contribution in [0.2, 0.25) is 0 Å². The smallest absolute Gasteiger partial charge is 0.230 e. The average Bonchev–Trinajstić information content (AvgIpc) is 2.35. The predicted molar refractivity (Wildman–Crippen MR) is 64.6 cm³/mol. The Morgan fingerprint density at radius 2 is 2.06 bits per heavy atom.